The van der Waals surface area contributed by atoms with Gasteiger partial charge in [0.25, 0.3) is 15.1 Å². The summed E-state index contributed by atoms with van der Waals surface area (Å²) in [6.45, 7) is 0. The van der Waals surface area contributed by atoms with Gasteiger partial charge >= 0.3 is 0 Å². The third-order valence-corrected chi connectivity index (χ3v) is 2.54. The molecule has 1 fully saturated rings. The lowest BCUT2D eigenvalue weighted by atomic mass is 10.3. The Bertz CT molecular complexity index is 391. The second-order valence-corrected chi connectivity index (χ2v) is 4.38. The summed E-state index contributed by atoms with van der Waals surface area (Å²) in [5.41, 5.74) is 0.694. The van der Waals surface area contributed by atoms with Crippen LogP contribution in [0.3, 0.4) is 0 Å². The maximum atomic E-state index is 10.7. The molecule has 0 radical (unpaired) electrons. The average molecular weight is 188 g/mol. The van der Waals surface area contributed by atoms with E-state index in [9.17, 15) is 8.42 Å². The molecule has 2 rings (SSSR count). The van der Waals surface area contributed by atoms with Crippen molar-refractivity contribution in [2.45, 2.75) is 23.9 Å². The van der Waals surface area contributed by atoms with Crippen molar-refractivity contribution >= 4 is 10.0 Å². The zero-order chi connectivity index (χ0) is 8.77. The summed E-state index contributed by atoms with van der Waals surface area (Å²) in [6, 6.07) is 1.40. The summed E-state index contributed by atoms with van der Waals surface area (Å²) in [6.07, 6.45) is 2.10. The molecule has 1 saturated carbocycles. The Hall–Kier alpha value is -0.880. The quantitative estimate of drug-likeness (QED) is 0.718. The van der Waals surface area contributed by atoms with Gasteiger partial charge in [0.15, 0.2) is 0 Å². The Kier molecular flexibility index (Phi) is 1.49. The van der Waals surface area contributed by atoms with Crippen LogP contribution in [0.1, 0.15) is 24.5 Å². The minimum absolute atomic E-state index is 0.246. The molecular weight excluding hydrogens is 180 g/mol. The molecule has 0 aliphatic heterocycles. The smallest absolute Gasteiger partial charge is 0.274 e. The minimum atomic E-state index is -3.72. The third kappa shape index (κ3) is 1.35. The molecule has 1 aromatic heterocycles. The number of hydrogen-bond acceptors (Lipinski definition) is 4. The van der Waals surface area contributed by atoms with Crippen LogP contribution < -0.4 is 5.14 Å². The van der Waals surface area contributed by atoms with Crippen LogP contribution in [0.4, 0.5) is 0 Å². The lowest BCUT2D eigenvalue weighted by molar-refractivity contribution is 0.335. The van der Waals surface area contributed by atoms with Crippen molar-refractivity contribution in [3.05, 3.63) is 11.8 Å². The van der Waals surface area contributed by atoms with E-state index in [0.717, 1.165) is 12.8 Å². The second-order valence-electron chi connectivity index (χ2n) is 2.89. The van der Waals surface area contributed by atoms with Crippen LogP contribution in [0.15, 0.2) is 15.7 Å². The van der Waals surface area contributed by atoms with E-state index in [4.69, 9.17) is 5.14 Å². The number of sulfonamides is 1. The maximum absolute atomic E-state index is 10.7. The predicted octanol–water partition coefficient (Wildman–Crippen LogP) is 0.199. The fraction of sp³-hybridized carbons (Fsp3) is 0.500. The van der Waals surface area contributed by atoms with Gasteiger partial charge in [-0.3, -0.25) is 0 Å². The topological polar surface area (TPSA) is 86.2 Å². The van der Waals surface area contributed by atoms with Gasteiger partial charge in [0.2, 0.25) is 0 Å². The highest BCUT2D eigenvalue weighted by molar-refractivity contribution is 7.89. The van der Waals surface area contributed by atoms with Crippen molar-refractivity contribution in [2.24, 2.45) is 5.14 Å². The lowest BCUT2D eigenvalue weighted by Gasteiger charge is -1.84. The fourth-order valence-corrected chi connectivity index (χ4v) is 1.40. The monoisotopic (exact) mass is 188 g/mol. The molecule has 0 atom stereocenters. The van der Waals surface area contributed by atoms with E-state index in [0.29, 0.717) is 11.6 Å². The number of aromatic nitrogens is 1. The highest BCUT2D eigenvalue weighted by atomic mass is 32.2. The lowest BCUT2D eigenvalue weighted by Crippen LogP contribution is -2.10. The van der Waals surface area contributed by atoms with Gasteiger partial charge in [-0.15, -0.1) is 0 Å². The number of nitrogens with two attached hydrogens (primary N) is 1. The highest BCUT2D eigenvalue weighted by Crippen LogP contribution is 2.39. The summed E-state index contributed by atoms with van der Waals surface area (Å²) < 4.78 is 26.0. The Morgan fingerprint density at radius 1 is 1.58 bits per heavy atom. The molecule has 5 nitrogen and oxygen atoms in total. The first-order valence-corrected chi connectivity index (χ1v) is 5.11. The van der Waals surface area contributed by atoms with E-state index in [2.05, 4.69) is 9.68 Å². The molecule has 0 bridgehead atoms. The number of nitrogens with zero attached hydrogens (tertiary/aromatic N) is 1. The van der Waals surface area contributed by atoms with E-state index in [-0.39, 0.29) is 5.09 Å². The summed E-state index contributed by atoms with van der Waals surface area (Å²) in [5, 5.41) is 8.19. The molecule has 0 unspecified atom stereocenters. The highest BCUT2D eigenvalue weighted by Gasteiger charge is 2.28. The first kappa shape index (κ1) is 7.75. The van der Waals surface area contributed by atoms with Crippen LogP contribution in [0.5, 0.6) is 0 Å². The summed E-state index contributed by atoms with van der Waals surface area (Å²) in [7, 11) is -3.72. The Labute approximate surface area is 69.6 Å². The van der Waals surface area contributed by atoms with E-state index in [1.165, 1.54) is 6.07 Å². The Balaban J connectivity index is 2.35. The molecule has 6 heteroatoms. The van der Waals surface area contributed by atoms with Gasteiger partial charge in [0.1, 0.15) is 0 Å². The molecular formula is C6H8N2O3S. The molecule has 0 amide bonds. The standard InChI is InChI=1S/C6H8N2O3S/c7-12(9,10)6-3-5(8-11-6)4-1-2-4/h3-4H,1-2H2,(H2,7,9,10). The number of primary sulfonamides is 1. The fourth-order valence-electron chi connectivity index (χ4n) is 0.977. The number of hydrogen-bond donors (Lipinski definition) is 1. The molecule has 12 heavy (non-hydrogen) atoms. The summed E-state index contributed by atoms with van der Waals surface area (Å²) in [5.74, 6) is 0.379. The van der Waals surface area contributed by atoms with Crippen molar-refractivity contribution in [1.29, 1.82) is 0 Å². The molecule has 1 aliphatic carbocycles. The number of rotatable bonds is 2. The molecule has 66 valence electrons. The van der Waals surface area contributed by atoms with E-state index < -0.39 is 10.0 Å². The molecule has 0 aromatic carbocycles. The molecule has 0 saturated heterocycles. The van der Waals surface area contributed by atoms with Crippen molar-refractivity contribution in [1.82, 2.24) is 5.16 Å². The molecule has 1 heterocycles. The third-order valence-electron chi connectivity index (χ3n) is 1.78. The van der Waals surface area contributed by atoms with Crippen LogP contribution in [-0.2, 0) is 10.0 Å². The van der Waals surface area contributed by atoms with Gasteiger partial charge in [-0.05, 0) is 12.8 Å². The average Bonchev–Trinajstić information content (AvgIpc) is 2.66. The van der Waals surface area contributed by atoms with Crippen molar-refractivity contribution in [3.8, 4) is 0 Å². The van der Waals surface area contributed by atoms with Gasteiger partial charge in [0, 0.05) is 12.0 Å². The Morgan fingerprint density at radius 3 is 2.67 bits per heavy atom. The maximum Gasteiger partial charge on any atom is 0.274 e. The van der Waals surface area contributed by atoms with Crippen molar-refractivity contribution in [3.63, 3.8) is 0 Å². The van der Waals surface area contributed by atoms with Gasteiger partial charge in [-0.1, -0.05) is 5.16 Å². The molecule has 2 N–H and O–H groups in total. The summed E-state index contributed by atoms with van der Waals surface area (Å²) in [4.78, 5) is 0. The van der Waals surface area contributed by atoms with Crippen molar-refractivity contribution in [2.75, 3.05) is 0 Å². The van der Waals surface area contributed by atoms with Gasteiger partial charge in [-0.25, -0.2) is 13.6 Å². The predicted molar refractivity (Wildman–Crippen MR) is 39.9 cm³/mol. The van der Waals surface area contributed by atoms with Crippen LogP contribution in [0.2, 0.25) is 0 Å². The van der Waals surface area contributed by atoms with Gasteiger partial charge in [-0.2, -0.15) is 0 Å². The van der Waals surface area contributed by atoms with Gasteiger partial charge < -0.3 is 4.52 Å². The van der Waals surface area contributed by atoms with Crippen LogP contribution >= 0.6 is 0 Å². The summed E-state index contributed by atoms with van der Waals surface area (Å²) >= 11 is 0. The van der Waals surface area contributed by atoms with Crippen LogP contribution in [-0.4, -0.2) is 13.6 Å². The zero-order valence-electron chi connectivity index (χ0n) is 6.23. The van der Waals surface area contributed by atoms with E-state index in [1.807, 2.05) is 0 Å². The normalized spacial score (nSPS) is 18.1. The largest absolute Gasteiger partial charge is 0.343 e. The van der Waals surface area contributed by atoms with E-state index in [1.54, 1.807) is 0 Å². The first-order chi connectivity index (χ1) is 5.57. The second kappa shape index (κ2) is 2.30. The van der Waals surface area contributed by atoms with Crippen LogP contribution in [0.25, 0.3) is 0 Å². The Morgan fingerprint density at radius 2 is 2.25 bits per heavy atom. The zero-order valence-corrected chi connectivity index (χ0v) is 7.04. The van der Waals surface area contributed by atoms with Crippen LogP contribution in [0, 0.1) is 0 Å². The SMILES string of the molecule is NS(=O)(=O)c1cc(C2CC2)no1. The minimum Gasteiger partial charge on any atom is -0.343 e. The first-order valence-electron chi connectivity index (χ1n) is 3.57. The van der Waals surface area contributed by atoms with Crippen molar-refractivity contribution < 1.29 is 12.9 Å². The molecule has 0 spiro atoms. The molecule has 1 aliphatic rings. The van der Waals surface area contributed by atoms with Gasteiger partial charge in [0.05, 0.1) is 5.69 Å². The van der Waals surface area contributed by atoms with E-state index >= 15 is 0 Å². The molecule has 1 aromatic rings.